The Labute approximate surface area is 52.8 Å². The average molecular weight is 166 g/mol. The van der Waals surface area contributed by atoms with Crippen molar-refractivity contribution in [2.45, 2.75) is 18.5 Å². The fourth-order valence-corrected chi connectivity index (χ4v) is 0.212. The maximum absolute atomic E-state index is 11.9. The Hall–Kier alpha value is -0.420. The third-order valence-corrected chi connectivity index (χ3v) is 0.930. The Bertz CT molecular complexity index is 91.9. The largest absolute Gasteiger partial charge is 0.280 e. The normalized spacial score (nSPS) is 13.2. The van der Waals surface area contributed by atoms with Crippen LogP contribution in [-0.2, 0) is 0 Å². The highest BCUT2D eigenvalue weighted by Gasteiger charge is 2.49. The molecule has 10 heavy (non-hydrogen) atoms. The van der Waals surface area contributed by atoms with E-state index < -0.39 is 25.2 Å². The van der Waals surface area contributed by atoms with Crippen molar-refractivity contribution in [3.8, 4) is 0 Å². The average Bonchev–Trinajstić information content (AvgIpc) is 1.85. The van der Waals surface area contributed by atoms with E-state index in [0.717, 1.165) is 0 Å². The van der Waals surface area contributed by atoms with Crippen LogP contribution in [0.5, 0.6) is 0 Å². The van der Waals surface area contributed by atoms with E-state index in [1.165, 1.54) is 0 Å². The van der Waals surface area contributed by atoms with Gasteiger partial charge < -0.3 is 0 Å². The van der Waals surface area contributed by atoms with Gasteiger partial charge in [0.25, 0.3) is 18.5 Å². The molecule has 0 aromatic carbocycles. The molecule has 6 heteroatoms. The van der Waals surface area contributed by atoms with Crippen molar-refractivity contribution in [2.24, 2.45) is 0 Å². The summed E-state index contributed by atoms with van der Waals surface area (Å²) in [6, 6.07) is 0. The Morgan fingerprint density at radius 1 is 1.00 bits per heavy atom. The molecule has 0 aliphatic rings. The lowest BCUT2D eigenvalue weighted by Gasteiger charge is -2.18. The van der Waals surface area contributed by atoms with Crippen LogP contribution in [0.25, 0.3) is 0 Å². The Morgan fingerprint density at radius 3 is 1.30 bits per heavy atom. The quantitative estimate of drug-likeness (QED) is 0.563. The number of alkyl halides is 6. The third kappa shape index (κ3) is 1.54. The summed E-state index contributed by atoms with van der Waals surface area (Å²) < 4.78 is 68.1. The minimum Gasteiger partial charge on any atom is -0.247 e. The van der Waals surface area contributed by atoms with E-state index >= 15 is 0 Å². The maximum Gasteiger partial charge on any atom is 0.280 e. The van der Waals surface area contributed by atoms with Gasteiger partial charge in [-0.3, -0.25) is 0 Å². The summed E-state index contributed by atoms with van der Waals surface area (Å²) in [4.78, 5) is 0. The number of hydrogen-bond acceptors (Lipinski definition) is 0. The van der Waals surface area contributed by atoms with Crippen LogP contribution in [0.4, 0.5) is 26.3 Å². The zero-order valence-electron chi connectivity index (χ0n) is 4.63. The molecule has 0 heterocycles. The predicted molar refractivity (Wildman–Crippen MR) is 21.8 cm³/mol. The number of rotatable bonds is 3. The van der Waals surface area contributed by atoms with Crippen LogP contribution in [0.3, 0.4) is 0 Å². The van der Waals surface area contributed by atoms with Gasteiger partial charge in [-0.2, -0.15) is 0 Å². The molecule has 0 N–H and O–H groups in total. The van der Waals surface area contributed by atoms with Gasteiger partial charge in [0, 0.05) is 0 Å². The van der Waals surface area contributed by atoms with Gasteiger partial charge in [0.2, 0.25) is 0 Å². The summed E-state index contributed by atoms with van der Waals surface area (Å²) in [6.07, 6.45) is -7.98. The molecule has 0 unspecified atom stereocenters. The van der Waals surface area contributed by atoms with Crippen LogP contribution in [0, 0.1) is 0 Å². The van der Waals surface area contributed by atoms with Gasteiger partial charge in [-0.15, -0.1) is 0 Å². The van der Waals surface area contributed by atoms with Gasteiger partial charge in [-0.25, -0.2) is 26.3 Å². The van der Waals surface area contributed by atoms with Crippen molar-refractivity contribution < 1.29 is 26.3 Å². The van der Waals surface area contributed by atoms with E-state index in [0.29, 0.717) is 0 Å². The lowest BCUT2D eigenvalue weighted by atomic mass is 10.1. The van der Waals surface area contributed by atoms with Crippen molar-refractivity contribution in [1.29, 1.82) is 0 Å². The van der Waals surface area contributed by atoms with E-state index in [-0.39, 0.29) is 0 Å². The summed E-state index contributed by atoms with van der Waals surface area (Å²) in [5, 5.41) is 0. The highest BCUT2D eigenvalue weighted by molar-refractivity contribution is 4.83. The monoisotopic (exact) mass is 166 g/mol. The van der Waals surface area contributed by atoms with Gasteiger partial charge in [0.15, 0.2) is 0 Å². The van der Waals surface area contributed by atoms with E-state index in [4.69, 9.17) is 0 Å². The summed E-state index contributed by atoms with van der Waals surface area (Å²) in [6.45, 7) is -2.37. The zero-order chi connectivity index (χ0) is 8.36. The van der Waals surface area contributed by atoms with Crippen molar-refractivity contribution in [3.63, 3.8) is 0 Å². The lowest BCUT2D eigenvalue weighted by molar-refractivity contribution is -0.136. The molecular formula is C4H4F6. The predicted octanol–water partition coefficient (Wildman–Crippen LogP) is 2.19. The molecule has 0 rings (SSSR count). The standard InChI is InChI=1S/C4H4F6/c5-1-4(10,2(6)7)3(8)9/h2-3H,1H2. The topological polar surface area (TPSA) is 0 Å². The fourth-order valence-electron chi connectivity index (χ4n) is 0.212. The lowest BCUT2D eigenvalue weighted by Crippen LogP contribution is -2.42. The number of hydrogen-bond donors (Lipinski definition) is 0. The Kier molecular flexibility index (Phi) is 2.98. The van der Waals surface area contributed by atoms with E-state index in [9.17, 15) is 26.3 Å². The highest BCUT2D eigenvalue weighted by atomic mass is 19.3. The van der Waals surface area contributed by atoms with Gasteiger partial charge >= 0.3 is 0 Å². The second-order valence-electron chi connectivity index (χ2n) is 1.66. The molecule has 0 saturated heterocycles. The van der Waals surface area contributed by atoms with Crippen LogP contribution in [0.15, 0.2) is 0 Å². The van der Waals surface area contributed by atoms with Gasteiger partial charge in [0.05, 0.1) is 0 Å². The highest BCUT2D eigenvalue weighted by Crippen LogP contribution is 2.28. The third-order valence-electron chi connectivity index (χ3n) is 0.930. The summed E-state index contributed by atoms with van der Waals surface area (Å²) in [5.41, 5.74) is -4.29. The first-order chi connectivity index (χ1) is 4.45. The second-order valence-corrected chi connectivity index (χ2v) is 1.66. The molecule has 0 aliphatic carbocycles. The molecule has 0 aromatic heterocycles. The Morgan fingerprint density at radius 2 is 1.30 bits per heavy atom. The van der Waals surface area contributed by atoms with E-state index in [1.807, 2.05) is 0 Å². The SMILES string of the molecule is FCC(F)(C(F)F)C(F)F. The van der Waals surface area contributed by atoms with Gasteiger partial charge in [0.1, 0.15) is 6.67 Å². The molecule has 0 fully saturated rings. The summed E-state index contributed by atoms with van der Waals surface area (Å²) in [5.74, 6) is 0. The number of halogens is 6. The minimum atomic E-state index is -4.29. The molecule has 0 bridgehead atoms. The van der Waals surface area contributed by atoms with Gasteiger partial charge in [-0.1, -0.05) is 0 Å². The molecule has 0 nitrogen and oxygen atoms in total. The Balaban J connectivity index is 4.23. The zero-order valence-corrected chi connectivity index (χ0v) is 4.63. The smallest absolute Gasteiger partial charge is 0.247 e. The molecule has 0 atom stereocenters. The second kappa shape index (κ2) is 3.12. The molecule has 0 aromatic rings. The van der Waals surface area contributed by atoms with Crippen molar-refractivity contribution in [1.82, 2.24) is 0 Å². The van der Waals surface area contributed by atoms with Crippen LogP contribution >= 0.6 is 0 Å². The van der Waals surface area contributed by atoms with Gasteiger partial charge in [-0.05, 0) is 0 Å². The minimum absolute atomic E-state index is 2.37. The fraction of sp³-hybridized carbons (Fsp3) is 1.00. The van der Waals surface area contributed by atoms with E-state index in [1.54, 1.807) is 0 Å². The molecule has 0 radical (unpaired) electrons. The first-order valence-electron chi connectivity index (χ1n) is 2.26. The van der Waals surface area contributed by atoms with Crippen molar-refractivity contribution in [3.05, 3.63) is 0 Å². The van der Waals surface area contributed by atoms with Crippen LogP contribution in [0.1, 0.15) is 0 Å². The van der Waals surface area contributed by atoms with Crippen LogP contribution in [-0.4, -0.2) is 25.2 Å². The maximum atomic E-state index is 11.9. The first kappa shape index (κ1) is 9.58. The van der Waals surface area contributed by atoms with Crippen LogP contribution in [0.2, 0.25) is 0 Å². The molecule has 0 spiro atoms. The van der Waals surface area contributed by atoms with Crippen LogP contribution < -0.4 is 0 Å². The molecule has 0 saturated carbocycles. The molecular weight excluding hydrogens is 162 g/mol. The molecule has 0 amide bonds. The first-order valence-corrected chi connectivity index (χ1v) is 2.26. The summed E-state index contributed by atoms with van der Waals surface area (Å²) in [7, 11) is 0. The van der Waals surface area contributed by atoms with Crippen molar-refractivity contribution >= 4 is 0 Å². The summed E-state index contributed by atoms with van der Waals surface area (Å²) >= 11 is 0. The van der Waals surface area contributed by atoms with Crippen molar-refractivity contribution in [2.75, 3.05) is 6.67 Å². The molecule has 0 aliphatic heterocycles. The molecule has 62 valence electrons. The van der Waals surface area contributed by atoms with E-state index in [2.05, 4.69) is 0 Å².